The van der Waals surface area contributed by atoms with Crippen molar-refractivity contribution in [2.24, 2.45) is 0 Å². The number of carbonyl (C=O) groups is 1. The summed E-state index contributed by atoms with van der Waals surface area (Å²) in [6, 6.07) is 5.16. The topological polar surface area (TPSA) is 31.2 Å². The van der Waals surface area contributed by atoms with Gasteiger partial charge in [0.2, 0.25) is 0 Å². The largest absolute Gasteiger partial charge is 0.339 e. The van der Waals surface area contributed by atoms with Crippen molar-refractivity contribution in [3.63, 3.8) is 0 Å². The Kier molecular flexibility index (Phi) is 2.17. The highest BCUT2D eigenvalue weighted by atomic mass is 32.1. The molecule has 1 rings (SSSR count). The fourth-order valence-corrected chi connectivity index (χ4v) is 0.729. The first-order valence-corrected chi connectivity index (χ1v) is 3.04. The Morgan fingerprint density at radius 3 is 3.00 bits per heavy atom. The average Bonchev–Trinajstić information content (AvgIpc) is 1.94. The molecule has 4 heteroatoms. The second-order valence-corrected chi connectivity index (χ2v) is 1.98. The monoisotopic (exact) mass is 155 g/mol. The van der Waals surface area contributed by atoms with Gasteiger partial charge in [-0.1, -0.05) is 18.3 Å². The Balaban J connectivity index is 3.03. The van der Waals surface area contributed by atoms with Crippen LogP contribution in [0, 0.1) is 4.64 Å². The number of carbonyl (C=O) groups excluding carboxylic acids is 1. The predicted molar refractivity (Wildman–Crippen MR) is 37.9 cm³/mol. The summed E-state index contributed by atoms with van der Waals surface area (Å²) in [6.07, 6.45) is 1.57. The highest BCUT2D eigenvalue weighted by Crippen LogP contribution is 1.88. The SMILES string of the molecule is O=COn1ccccc1=S. The molecule has 0 aliphatic carbocycles. The molecule has 0 aromatic carbocycles. The van der Waals surface area contributed by atoms with Crippen molar-refractivity contribution >= 4 is 18.7 Å². The van der Waals surface area contributed by atoms with Crippen LogP contribution in [0.2, 0.25) is 0 Å². The molecule has 3 nitrogen and oxygen atoms in total. The number of pyridine rings is 1. The van der Waals surface area contributed by atoms with Crippen molar-refractivity contribution in [3.05, 3.63) is 29.0 Å². The standard InChI is InChI=1S/C6H5NO2S/c8-5-9-7-4-2-1-3-6(7)10/h1-5H. The first-order chi connectivity index (χ1) is 4.84. The molecule has 0 bridgehead atoms. The van der Waals surface area contributed by atoms with Crippen LogP contribution in [0.4, 0.5) is 0 Å². The van der Waals surface area contributed by atoms with E-state index in [0.717, 1.165) is 0 Å². The van der Waals surface area contributed by atoms with Crippen LogP contribution in [0.15, 0.2) is 24.4 Å². The second-order valence-electron chi connectivity index (χ2n) is 1.57. The zero-order chi connectivity index (χ0) is 7.40. The molecular weight excluding hydrogens is 150 g/mol. The zero-order valence-electron chi connectivity index (χ0n) is 5.06. The van der Waals surface area contributed by atoms with Crippen molar-refractivity contribution in [2.75, 3.05) is 0 Å². The maximum absolute atomic E-state index is 9.84. The summed E-state index contributed by atoms with van der Waals surface area (Å²) in [4.78, 5) is 14.3. The lowest BCUT2D eigenvalue weighted by molar-refractivity contribution is -0.129. The quantitative estimate of drug-likeness (QED) is 0.467. The third-order valence-corrected chi connectivity index (χ3v) is 1.26. The van der Waals surface area contributed by atoms with Crippen LogP contribution in [-0.2, 0) is 4.79 Å². The molecule has 0 amide bonds. The summed E-state index contributed by atoms with van der Waals surface area (Å²) in [5.41, 5.74) is 0. The van der Waals surface area contributed by atoms with Gasteiger partial charge in [0.15, 0.2) is 0 Å². The average molecular weight is 155 g/mol. The van der Waals surface area contributed by atoms with Crippen LogP contribution in [0.3, 0.4) is 0 Å². The maximum atomic E-state index is 9.84. The van der Waals surface area contributed by atoms with Crippen molar-refractivity contribution in [1.82, 2.24) is 4.73 Å². The first-order valence-electron chi connectivity index (χ1n) is 2.63. The van der Waals surface area contributed by atoms with Crippen LogP contribution >= 0.6 is 12.2 Å². The minimum Gasteiger partial charge on any atom is -0.339 e. The van der Waals surface area contributed by atoms with E-state index in [-0.39, 0.29) is 0 Å². The summed E-state index contributed by atoms with van der Waals surface area (Å²) < 4.78 is 1.68. The third-order valence-electron chi connectivity index (χ3n) is 0.945. The maximum Gasteiger partial charge on any atom is 0.321 e. The molecule has 0 aliphatic heterocycles. The van der Waals surface area contributed by atoms with Crippen molar-refractivity contribution in [3.8, 4) is 0 Å². The van der Waals surface area contributed by atoms with Gasteiger partial charge in [0.1, 0.15) is 4.64 Å². The Hall–Kier alpha value is -1.16. The number of hydrogen-bond donors (Lipinski definition) is 0. The van der Waals surface area contributed by atoms with Gasteiger partial charge in [0, 0.05) is 6.20 Å². The Morgan fingerprint density at radius 1 is 1.60 bits per heavy atom. The Labute approximate surface area is 62.8 Å². The van der Waals surface area contributed by atoms with E-state index in [1.54, 1.807) is 24.4 Å². The van der Waals surface area contributed by atoms with Crippen molar-refractivity contribution in [1.29, 1.82) is 0 Å². The number of hydrogen-bond acceptors (Lipinski definition) is 3. The Bertz CT molecular complexity index is 281. The van der Waals surface area contributed by atoms with Crippen LogP contribution in [0.5, 0.6) is 0 Å². The summed E-state index contributed by atoms with van der Waals surface area (Å²) in [7, 11) is 0. The van der Waals surface area contributed by atoms with E-state index in [2.05, 4.69) is 4.84 Å². The van der Waals surface area contributed by atoms with E-state index in [0.29, 0.717) is 11.1 Å². The second kappa shape index (κ2) is 3.12. The van der Waals surface area contributed by atoms with Gasteiger partial charge in [-0.05, 0) is 12.1 Å². The molecule has 1 aromatic heterocycles. The molecule has 0 radical (unpaired) electrons. The van der Waals surface area contributed by atoms with E-state index in [1.807, 2.05) is 0 Å². The molecule has 0 aliphatic rings. The van der Waals surface area contributed by atoms with E-state index >= 15 is 0 Å². The lowest BCUT2D eigenvalue weighted by atomic mass is 10.5. The molecule has 10 heavy (non-hydrogen) atoms. The smallest absolute Gasteiger partial charge is 0.321 e. The lowest BCUT2D eigenvalue weighted by Crippen LogP contribution is -2.09. The van der Waals surface area contributed by atoms with Crippen LogP contribution in [-0.4, -0.2) is 11.2 Å². The molecule has 0 saturated heterocycles. The third kappa shape index (κ3) is 1.41. The summed E-state index contributed by atoms with van der Waals surface area (Å²) in [5.74, 6) is 0. The van der Waals surface area contributed by atoms with Crippen LogP contribution in [0.25, 0.3) is 0 Å². The summed E-state index contributed by atoms with van der Waals surface area (Å²) in [5, 5.41) is 0. The molecule has 0 N–H and O–H groups in total. The molecule has 0 atom stereocenters. The molecule has 0 spiro atoms. The normalized spacial score (nSPS) is 8.80. The van der Waals surface area contributed by atoms with E-state index in [4.69, 9.17) is 12.2 Å². The molecule has 0 fully saturated rings. The van der Waals surface area contributed by atoms with Gasteiger partial charge in [-0.2, -0.15) is 4.73 Å². The molecular formula is C6H5NO2S. The fraction of sp³-hybridized carbons (Fsp3) is 0. The number of nitrogens with zero attached hydrogens (tertiary/aromatic N) is 1. The van der Waals surface area contributed by atoms with Gasteiger partial charge in [0.05, 0.1) is 0 Å². The zero-order valence-corrected chi connectivity index (χ0v) is 5.88. The van der Waals surface area contributed by atoms with Crippen LogP contribution in [0.1, 0.15) is 0 Å². The fourth-order valence-electron chi connectivity index (χ4n) is 0.546. The van der Waals surface area contributed by atoms with Gasteiger partial charge >= 0.3 is 6.47 Å². The number of aromatic nitrogens is 1. The van der Waals surface area contributed by atoms with Gasteiger partial charge in [-0.3, -0.25) is 4.79 Å². The summed E-state index contributed by atoms with van der Waals surface area (Å²) >= 11 is 4.80. The van der Waals surface area contributed by atoms with Crippen molar-refractivity contribution in [2.45, 2.75) is 0 Å². The van der Waals surface area contributed by atoms with Crippen LogP contribution < -0.4 is 4.84 Å². The lowest BCUT2D eigenvalue weighted by Gasteiger charge is -1.98. The van der Waals surface area contributed by atoms with E-state index in [1.165, 1.54) is 4.73 Å². The number of rotatable bonds is 2. The van der Waals surface area contributed by atoms with E-state index < -0.39 is 0 Å². The minimum absolute atomic E-state index is 0.329. The van der Waals surface area contributed by atoms with Gasteiger partial charge in [0.25, 0.3) is 0 Å². The highest BCUT2D eigenvalue weighted by Gasteiger charge is 1.85. The highest BCUT2D eigenvalue weighted by molar-refractivity contribution is 7.71. The molecule has 0 unspecified atom stereocenters. The van der Waals surface area contributed by atoms with Crippen molar-refractivity contribution < 1.29 is 9.63 Å². The molecule has 1 aromatic rings. The van der Waals surface area contributed by atoms with Gasteiger partial charge in [-0.25, -0.2) is 0 Å². The summed E-state index contributed by atoms with van der Waals surface area (Å²) in [6.45, 7) is 0.329. The molecule has 0 saturated carbocycles. The van der Waals surface area contributed by atoms with Gasteiger partial charge in [-0.15, -0.1) is 0 Å². The van der Waals surface area contributed by atoms with Gasteiger partial charge < -0.3 is 4.84 Å². The Morgan fingerprint density at radius 2 is 2.40 bits per heavy atom. The predicted octanol–water partition coefficient (Wildman–Crippen LogP) is 0.803. The molecule has 52 valence electrons. The minimum atomic E-state index is 0.329. The van der Waals surface area contributed by atoms with E-state index in [9.17, 15) is 4.79 Å². The first kappa shape index (κ1) is 6.95. The molecule has 1 heterocycles.